The topological polar surface area (TPSA) is 23.6 Å². The molecule has 1 amide bonds. The quantitative estimate of drug-likeness (QED) is 0.735. The first-order valence-corrected chi connectivity index (χ1v) is 7.15. The van der Waals surface area contributed by atoms with Gasteiger partial charge in [-0.3, -0.25) is 9.69 Å². The van der Waals surface area contributed by atoms with Gasteiger partial charge >= 0.3 is 0 Å². The Morgan fingerprint density at radius 1 is 1.44 bits per heavy atom. The van der Waals surface area contributed by atoms with Gasteiger partial charge in [-0.15, -0.1) is 11.8 Å². The van der Waals surface area contributed by atoms with Gasteiger partial charge in [0.25, 0.3) is 0 Å². The Morgan fingerprint density at radius 3 is 2.75 bits per heavy atom. The van der Waals surface area contributed by atoms with Crippen LogP contribution in [0.2, 0.25) is 0 Å². The van der Waals surface area contributed by atoms with Crippen LogP contribution in [0, 0.1) is 5.92 Å². The van der Waals surface area contributed by atoms with Crippen LogP contribution in [0.1, 0.15) is 26.7 Å². The van der Waals surface area contributed by atoms with E-state index in [1.165, 1.54) is 5.75 Å². The zero-order valence-corrected chi connectivity index (χ0v) is 11.3. The Morgan fingerprint density at radius 2 is 2.19 bits per heavy atom. The Balaban J connectivity index is 1.95. The molecule has 2 saturated heterocycles. The lowest BCUT2D eigenvalue weighted by molar-refractivity contribution is -0.131. The average Bonchev–Trinajstić information content (AvgIpc) is 2.76. The van der Waals surface area contributed by atoms with E-state index in [4.69, 9.17) is 0 Å². The summed E-state index contributed by atoms with van der Waals surface area (Å²) in [5.41, 5.74) is 0. The molecule has 0 N–H and O–H groups in total. The first-order chi connectivity index (χ1) is 7.53. The van der Waals surface area contributed by atoms with Crippen molar-refractivity contribution in [3.05, 3.63) is 0 Å². The lowest BCUT2D eigenvalue weighted by atomic mass is 10.1. The molecule has 0 aromatic heterocycles. The second kappa shape index (κ2) is 4.57. The van der Waals surface area contributed by atoms with E-state index in [2.05, 4.69) is 30.7 Å². The second-order valence-corrected chi connectivity index (χ2v) is 6.84. The van der Waals surface area contributed by atoms with Gasteiger partial charge < -0.3 is 4.90 Å². The predicted molar refractivity (Wildman–Crippen MR) is 68.5 cm³/mol. The van der Waals surface area contributed by atoms with E-state index >= 15 is 0 Å². The SMILES string of the molecule is CC(C)CC(=O)N1CCC2(C1)SCCN2C. The fraction of sp³-hybridized carbons (Fsp3) is 0.917. The zero-order valence-electron chi connectivity index (χ0n) is 10.5. The highest BCUT2D eigenvalue weighted by Gasteiger charge is 2.46. The van der Waals surface area contributed by atoms with Crippen LogP contribution in [-0.4, -0.2) is 53.0 Å². The number of likely N-dealkylation sites (tertiary alicyclic amines) is 1. The number of hydrogen-bond donors (Lipinski definition) is 0. The largest absolute Gasteiger partial charge is 0.340 e. The molecule has 4 heteroatoms. The number of carbonyl (C=O) groups excluding carboxylic acids is 1. The summed E-state index contributed by atoms with van der Waals surface area (Å²) in [5, 5.41) is 0. The average molecular weight is 242 g/mol. The first-order valence-electron chi connectivity index (χ1n) is 6.16. The summed E-state index contributed by atoms with van der Waals surface area (Å²) in [6.07, 6.45) is 1.84. The molecule has 0 saturated carbocycles. The number of rotatable bonds is 2. The molecule has 3 nitrogen and oxygen atoms in total. The van der Waals surface area contributed by atoms with Crippen molar-refractivity contribution in [3.8, 4) is 0 Å². The van der Waals surface area contributed by atoms with Crippen molar-refractivity contribution in [1.82, 2.24) is 9.80 Å². The molecule has 92 valence electrons. The van der Waals surface area contributed by atoms with Crippen molar-refractivity contribution in [3.63, 3.8) is 0 Å². The summed E-state index contributed by atoms with van der Waals surface area (Å²) >= 11 is 2.03. The van der Waals surface area contributed by atoms with E-state index in [1.54, 1.807) is 0 Å². The molecule has 16 heavy (non-hydrogen) atoms. The van der Waals surface area contributed by atoms with E-state index < -0.39 is 0 Å². The van der Waals surface area contributed by atoms with Gasteiger partial charge in [0, 0.05) is 31.8 Å². The number of thioether (sulfide) groups is 1. The van der Waals surface area contributed by atoms with Crippen molar-refractivity contribution < 1.29 is 4.79 Å². The molecule has 0 aromatic carbocycles. The number of nitrogens with zero attached hydrogens (tertiary/aromatic N) is 2. The van der Waals surface area contributed by atoms with Gasteiger partial charge in [0.2, 0.25) is 5.91 Å². The Kier molecular flexibility index (Phi) is 3.50. The van der Waals surface area contributed by atoms with Gasteiger partial charge in [-0.2, -0.15) is 0 Å². The first kappa shape index (κ1) is 12.2. The minimum Gasteiger partial charge on any atom is -0.340 e. The predicted octanol–water partition coefficient (Wildman–Crippen LogP) is 1.64. The molecule has 1 unspecified atom stereocenters. The zero-order chi connectivity index (χ0) is 11.8. The fourth-order valence-electron chi connectivity index (χ4n) is 2.57. The number of likely N-dealkylation sites (N-methyl/N-ethyl adjacent to an activating group) is 1. The number of amides is 1. The third kappa shape index (κ3) is 2.23. The van der Waals surface area contributed by atoms with Crippen LogP contribution in [0.25, 0.3) is 0 Å². The highest BCUT2D eigenvalue weighted by Crippen LogP contribution is 2.42. The van der Waals surface area contributed by atoms with Gasteiger partial charge in [-0.1, -0.05) is 13.8 Å². The standard InChI is InChI=1S/C12H22N2OS/c1-10(2)8-11(15)14-5-4-12(9-14)13(3)6-7-16-12/h10H,4-9H2,1-3H3. The molecule has 0 aromatic rings. The Hall–Kier alpha value is -0.220. The van der Waals surface area contributed by atoms with E-state index in [1.807, 2.05) is 11.8 Å². The molecule has 2 fully saturated rings. The monoisotopic (exact) mass is 242 g/mol. The smallest absolute Gasteiger partial charge is 0.222 e. The third-order valence-electron chi connectivity index (χ3n) is 3.64. The minimum atomic E-state index is 0.243. The van der Waals surface area contributed by atoms with E-state index in [0.29, 0.717) is 18.2 Å². The number of hydrogen-bond acceptors (Lipinski definition) is 3. The summed E-state index contributed by atoms with van der Waals surface area (Å²) in [6.45, 7) is 7.26. The molecule has 0 aliphatic carbocycles. The van der Waals surface area contributed by atoms with Crippen LogP contribution in [0.5, 0.6) is 0 Å². The summed E-state index contributed by atoms with van der Waals surface area (Å²) < 4.78 is 0. The Bertz CT molecular complexity index is 282. The van der Waals surface area contributed by atoms with Gasteiger partial charge in [0.1, 0.15) is 0 Å². The molecular formula is C12H22N2OS. The molecule has 2 heterocycles. The molecule has 0 bridgehead atoms. The van der Waals surface area contributed by atoms with Gasteiger partial charge in [0.15, 0.2) is 0 Å². The van der Waals surface area contributed by atoms with Crippen LogP contribution in [0.3, 0.4) is 0 Å². The highest BCUT2D eigenvalue weighted by molar-refractivity contribution is 8.00. The molecule has 2 aliphatic heterocycles. The van der Waals surface area contributed by atoms with Crippen molar-refractivity contribution >= 4 is 17.7 Å². The highest BCUT2D eigenvalue weighted by atomic mass is 32.2. The molecular weight excluding hydrogens is 220 g/mol. The van der Waals surface area contributed by atoms with Gasteiger partial charge in [-0.25, -0.2) is 0 Å². The molecule has 1 atom stereocenters. The van der Waals surface area contributed by atoms with Gasteiger partial charge in [-0.05, 0) is 19.4 Å². The molecule has 2 rings (SSSR count). The minimum absolute atomic E-state index is 0.243. The van der Waals surface area contributed by atoms with E-state index in [0.717, 1.165) is 26.1 Å². The normalized spacial score (nSPS) is 30.9. The summed E-state index contributed by atoms with van der Waals surface area (Å²) in [6, 6.07) is 0. The third-order valence-corrected chi connectivity index (χ3v) is 5.21. The van der Waals surface area contributed by atoms with Crippen molar-refractivity contribution in [2.24, 2.45) is 5.92 Å². The fourth-order valence-corrected chi connectivity index (χ4v) is 4.11. The molecule has 0 radical (unpaired) electrons. The van der Waals surface area contributed by atoms with Crippen LogP contribution < -0.4 is 0 Å². The lowest BCUT2D eigenvalue weighted by Crippen LogP contribution is -2.42. The molecule has 2 aliphatic rings. The van der Waals surface area contributed by atoms with Crippen LogP contribution >= 0.6 is 11.8 Å². The maximum atomic E-state index is 12.0. The van der Waals surface area contributed by atoms with E-state index in [-0.39, 0.29) is 4.87 Å². The summed E-state index contributed by atoms with van der Waals surface area (Å²) in [5.74, 6) is 2.02. The van der Waals surface area contributed by atoms with E-state index in [9.17, 15) is 4.79 Å². The summed E-state index contributed by atoms with van der Waals surface area (Å²) in [4.78, 5) is 16.7. The maximum absolute atomic E-state index is 12.0. The number of carbonyl (C=O) groups is 1. The maximum Gasteiger partial charge on any atom is 0.222 e. The second-order valence-electron chi connectivity index (χ2n) is 5.38. The van der Waals surface area contributed by atoms with Crippen LogP contribution in [-0.2, 0) is 4.79 Å². The van der Waals surface area contributed by atoms with Gasteiger partial charge in [0.05, 0.1) is 4.87 Å². The van der Waals surface area contributed by atoms with Crippen molar-refractivity contribution in [2.45, 2.75) is 31.6 Å². The van der Waals surface area contributed by atoms with Crippen LogP contribution in [0.15, 0.2) is 0 Å². The summed E-state index contributed by atoms with van der Waals surface area (Å²) in [7, 11) is 2.19. The Labute approximate surface area is 103 Å². The lowest BCUT2D eigenvalue weighted by Gasteiger charge is -2.30. The molecule has 1 spiro atoms. The van der Waals surface area contributed by atoms with Crippen molar-refractivity contribution in [2.75, 3.05) is 32.4 Å². The van der Waals surface area contributed by atoms with Crippen LogP contribution in [0.4, 0.5) is 0 Å². The van der Waals surface area contributed by atoms with Crippen molar-refractivity contribution in [1.29, 1.82) is 0 Å².